The van der Waals surface area contributed by atoms with Gasteiger partial charge in [0.2, 0.25) is 5.91 Å². The highest BCUT2D eigenvalue weighted by molar-refractivity contribution is 5.85. The van der Waals surface area contributed by atoms with E-state index in [1.807, 2.05) is 31.2 Å². The van der Waals surface area contributed by atoms with E-state index in [1.54, 1.807) is 4.90 Å². The van der Waals surface area contributed by atoms with Crippen LogP contribution < -0.4 is 10.1 Å². The Balaban J connectivity index is 0.00000288. The second-order valence-electron chi connectivity index (χ2n) is 5.68. The summed E-state index contributed by atoms with van der Waals surface area (Å²) in [4.78, 5) is 25.1. The van der Waals surface area contributed by atoms with Gasteiger partial charge in [0.25, 0.3) is 0 Å². The van der Waals surface area contributed by atoms with Crippen molar-refractivity contribution < 1.29 is 19.4 Å². The summed E-state index contributed by atoms with van der Waals surface area (Å²) in [7, 11) is 0. The summed E-state index contributed by atoms with van der Waals surface area (Å²) in [6, 6.07) is 7.03. The number of carbonyl (C=O) groups is 2. The van der Waals surface area contributed by atoms with Crippen LogP contribution in [0, 0.1) is 0 Å². The lowest BCUT2D eigenvalue weighted by Gasteiger charge is -2.32. The van der Waals surface area contributed by atoms with Crippen LogP contribution in [0.5, 0.6) is 5.75 Å². The molecule has 24 heavy (non-hydrogen) atoms. The predicted molar refractivity (Wildman–Crippen MR) is 93.6 cm³/mol. The highest BCUT2D eigenvalue weighted by atomic mass is 35.5. The van der Waals surface area contributed by atoms with Gasteiger partial charge in [0.15, 0.2) is 0 Å². The predicted octanol–water partition coefficient (Wildman–Crippen LogP) is 2.06. The molecule has 134 valence electrons. The fourth-order valence-corrected chi connectivity index (χ4v) is 2.81. The topological polar surface area (TPSA) is 78.9 Å². The van der Waals surface area contributed by atoms with Crippen LogP contribution in [0.3, 0.4) is 0 Å². The third-order valence-corrected chi connectivity index (χ3v) is 3.94. The number of hydrogen-bond acceptors (Lipinski definition) is 4. The summed E-state index contributed by atoms with van der Waals surface area (Å²) in [6.45, 7) is 3.71. The van der Waals surface area contributed by atoms with Gasteiger partial charge in [-0.25, -0.2) is 0 Å². The highest BCUT2D eigenvalue weighted by Gasteiger charge is 2.29. The SMILES string of the molecule is CCOc1cccc(CNC(=O)CN2CCCCC2C(=O)O)c1.Cl. The first-order chi connectivity index (χ1) is 11.1. The first-order valence-corrected chi connectivity index (χ1v) is 8.05. The average Bonchev–Trinajstić information content (AvgIpc) is 2.54. The number of aliphatic carboxylic acids is 1. The van der Waals surface area contributed by atoms with E-state index in [1.165, 1.54) is 0 Å². The monoisotopic (exact) mass is 356 g/mol. The molecule has 1 amide bonds. The number of carbonyl (C=O) groups excluding carboxylic acids is 1. The van der Waals surface area contributed by atoms with Crippen LogP contribution in [0.15, 0.2) is 24.3 Å². The third-order valence-electron chi connectivity index (χ3n) is 3.94. The number of hydrogen-bond donors (Lipinski definition) is 2. The molecule has 0 aliphatic carbocycles. The molecule has 1 aromatic rings. The van der Waals surface area contributed by atoms with Crippen molar-refractivity contribution in [1.29, 1.82) is 0 Å². The molecule has 2 N–H and O–H groups in total. The summed E-state index contributed by atoms with van der Waals surface area (Å²) in [5.74, 6) is -0.219. The first-order valence-electron chi connectivity index (χ1n) is 8.05. The van der Waals surface area contributed by atoms with Crippen LogP contribution in [0.4, 0.5) is 0 Å². The molecular formula is C17H25ClN2O4. The molecule has 0 radical (unpaired) electrons. The molecule has 7 heteroatoms. The summed E-state index contributed by atoms with van der Waals surface area (Å²) in [5.41, 5.74) is 0.956. The van der Waals surface area contributed by atoms with Gasteiger partial charge in [-0.15, -0.1) is 12.4 Å². The number of amides is 1. The number of ether oxygens (including phenoxy) is 1. The van der Waals surface area contributed by atoms with Crippen LogP contribution in [-0.2, 0) is 16.1 Å². The smallest absolute Gasteiger partial charge is 0.320 e. The van der Waals surface area contributed by atoms with Crippen molar-refractivity contribution in [2.24, 2.45) is 0 Å². The molecule has 1 aliphatic rings. The Hall–Kier alpha value is -1.79. The summed E-state index contributed by atoms with van der Waals surface area (Å²) in [5, 5.41) is 12.1. The number of nitrogens with zero attached hydrogens (tertiary/aromatic N) is 1. The van der Waals surface area contributed by atoms with Gasteiger partial charge in [-0.2, -0.15) is 0 Å². The summed E-state index contributed by atoms with van der Waals surface area (Å²) in [6.07, 6.45) is 2.45. The van der Waals surface area contributed by atoms with E-state index in [0.29, 0.717) is 26.1 Å². The third kappa shape index (κ3) is 6.02. The molecule has 1 unspecified atom stereocenters. The molecule has 1 aromatic carbocycles. The average molecular weight is 357 g/mol. The van der Waals surface area contributed by atoms with Crippen LogP contribution >= 0.6 is 12.4 Å². The molecule has 1 atom stereocenters. The zero-order chi connectivity index (χ0) is 16.7. The molecule has 1 fully saturated rings. The van der Waals surface area contributed by atoms with Gasteiger partial charge in [0, 0.05) is 6.54 Å². The van der Waals surface area contributed by atoms with Crippen molar-refractivity contribution in [2.45, 2.75) is 38.8 Å². The van der Waals surface area contributed by atoms with E-state index >= 15 is 0 Å². The van der Waals surface area contributed by atoms with E-state index in [-0.39, 0.29) is 24.9 Å². The second-order valence-corrected chi connectivity index (χ2v) is 5.68. The van der Waals surface area contributed by atoms with Crippen LogP contribution in [0.2, 0.25) is 0 Å². The van der Waals surface area contributed by atoms with E-state index in [4.69, 9.17) is 4.74 Å². The molecule has 6 nitrogen and oxygen atoms in total. The molecule has 1 heterocycles. The number of piperidine rings is 1. The van der Waals surface area contributed by atoms with Crippen molar-refractivity contribution in [1.82, 2.24) is 10.2 Å². The van der Waals surface area contributed by atoms with Crippen LogP contribution in [0.25, 0.3) is 0 Å². The number of rotatable bonds is 7. The lowest BCUT2D eigenvalue weighted by atomic mass is 10.0. The van der Waals surface area contributed by atoms with Gasteiger partial charge in [-0.1, -0.05) is 18.6 Å². The minimum atomic E-state index is -0.845. The standard InChI is InChI=1S/C17H24N2O4.ClH/c1-2-23-14-7-5-6-13(10-14)11-18-16(20)12-19-9-4-3-8-15(19)17(21)22;/h5-7,10,15H,2-4,8-9,11-12H2,1H3,(H,18,20)(H,21,22);1H. The lowest BCUT2D eigenvalue weighted by molar-refractivity contribution is -0.145. The van der Waals surface area contributed by atoms with Gasteiger partial charge >= 0.3 is 5.97 Å². The first kappa shape index (κ1) is 20.3. The van der Waals surface area contributed by atoms with Crippen LogP contribution in [0.1, 0.15) is 31.7 Å². The Morgan fingerprint density at radius 2 is 2.17 bits per heavy atom. The Labute approximate surface area is 148 Å². The fraction of sp³-hybridized carbons (Fsp3) is 0.529. The Bertz CT molecular complexity index is 553. The van der Waals surface area contributed by atoms with Gasteiger partial charge in [0.05, 0.1) is 13.2 Å². The summed E-state index contributed by atoms with van der Waals surface area (Å²) >= 11 is 0. The van der Waals surface area contributed by atoms with Gasteiger partial charge in [-0.3, -0.25) is 14.5 Å². The molecule has 0 aromatic heterocycles. The number of halogens is 1. The lowest BCUT2D eigenvalue weighted by Crippen LogP contribution is -2.48. The Morgan fingerprint density at radius 1 is 1.38 bits per heavy atom. The summed E-state index contributed by atoms with van der Waals surface area (Å²) < 4.78 is 5.43. The highest BCUT2D eigenvalue weighted by Crippen LogP contribution is 2.17. The van der Waals surface area contributed by atoms with E-state index in [9.17, 15) is 14.7 Å². The normalized spacial score (nSPS) is 17.6. The molecular weight excluding hydrogens is 332 g/mol. The zero-order valence-corrected chi connectivity index (χ0v) is 14.7. The molecule has 1 saturated heterocycles. The number of likely N-dealkylation sites (tertiary alicyclic amines) is 1. The quantitative estimate of drug-likeness (QED) is 0.781. The number of benzene rings is 1. The maximum absolute atomic E-state index is 12.1. The van der Waals surface area contributed by atoms with Gasteiger partial charge < -0.3 is 15.2 Å². The maximum atomic E-state index is 12.1. The molecule has 0 spiro atoms. The van der Waals surface area contributed by atoms with Gasteiger partial charge in [0.1, 0.15) is 11.8 Å². The number of carboxylic acids is 1. The molecule has 0 bridgehead atoms. The fourth-order valence-electron chi connectivity index (χ4n) is 2.81. The number of carboxylic acid groups (broad SMARTS) is 1. The molecule has 1 aliphatic heterocycles. The largest absolute Gasteiger partial charge is 0.494 e. The van der Waals surface area contributed by atoms with Crippen molar-refractivity contribution in [3.63, 3.8) is 0 Å². The zero-order valence-electron chi connectivity index (χ0n) is 13.9. The minimum absolute atomic E-state index is 0. The molecule has 2 rings (SSSR count). The Kier molecular flexibility index (Phi) is 8.57. The van der Waals surface area contributed by atoms with Crippen LogP contribution in [-0.4, -0.2) is 47.6 Å². The molecule has 0 saturated carbocycles. The second kappa shape index (κ2) is 10.2. The van der Waals surface area contributed by atoms with Crippen molar-refractivity contribution in [3.8, 4) is 5.75 Å². The number of nitrogens with one attached hydrogen (secondary N) is 1. The Morgan fingerprint density at radius 3 is 2.88 bits per heavy atom. The van der Waals surface area contributed by atoms with Crippen molar-refractivity contribution >= 4 is 24.3 Å². The van der Waals surface area contributed by atoms with E-state index in [2.05, 4.69) is 5.32 Å². The van der Waals surface area contributed by atoms with Crippen molar-refractivity contribution in [3.05, 3.63) is 29.8 Å². The van der Waals surface area contributed by atoms with E-state index < -0.39 is 12.0 Å². The van der Waals surface area contributed by atoms with Gasteiger partial charge in [-0.05, 0) is 44.0 Å². The van der Waals surface area contributed by atoms with E-state index in [0.717, 1.165) is 24.2 Å². The maximum Gasteiger partial charge on any atom is 0.320 e. The minimum Gasteiger partial charge on any atom is -0.494 e. The van der Waals surface area contributed by atoms with Crippen molar-refractivity contribution in [2.75, 3.05) is 19.7 Å².